The number of imidazole rings is 1. The number of benzene rings is 1. The molecule has 0 saturated heterocycles. The highest BCUT2D eigenvalue weighted by Gasteiger charge is 2.15. The molecule has 0 spiro atoms. The van der Waals surface area contributed by atoms with Gasteiger partial charge in [-0.25, -0.2) is 4.98 Å². The Hall–Kier alpha value is -1.02. The number of hydrogen-bond donors (Lipinski definition) is 0. The second kappa shape index (κ2) is 4.93. The van der Waals surface area contributed by atoms with Gasteiger partial charge in [0.2, 0.25) is 0 Å². The normalized spacial score (nSPS) is 12.3. The SMILES string of the molecule is Cc1cccc2nc(CCl)n(CCC(C)(C)C)c12. The van der Waals surface area contributed by atoms with E-state index in [9.17, 15) is 0 Å². The van der Waals surface area contributed by atoms with Crippen molar-refractivity contribution in [2.45, 2.75) is 46.5 Å². The van der Waals surface area contributed by atoms with Crippen molar-refractivity contribution in [3.05, 3.63) is 29.6 Å². The molecule has 0 bridgehead atoms. The van der Waals surface area contributed by atoms with Crippen LogP contribution in [0.2, 0.25) is 0 Å². The average molecular weight is 265 g/mol. The molecule has 2 aromatic rings. The topological polar surface area (TPSA) is 17.8 Å². The van der Waals surface area contributed by atoms with Crippen LogP contribution >= 0.6 is 11.6 Å². The van der Waals surface area contributed by atoms with E-state index in [1.165, 1.54) is 11.1 Å². The van der Waals surface area contributed by atoms with Crippen LogP contribution in [0.3, 0.4) is 0 Å². The molecule has 0 atom stereocenters. The van der Waals surface area contributed by atoms with Crippen molar-refractivity contribution in [2.24, 2.45) is 5.41 Å². The number of fused-ring (bicyclic) bond motifs is 1. The molecular formula is C15H21ClN2. The summed E-state index contributed by atoms with van der Waals surface area (Å²) in [6, 6.07) is 6.25. The van der Waals surface area contributed by atoms with Crippen LogP contribution in [0.5, 0.6) is 0 Å². The van der Waals surface area contributed by atoms with Gasteiger partial charge >= 0.3 is 0 Å². The maximum atomic E-state index is 6.02. The van der Waals surface area contributed by atoms with E-state index in [4.69, 9.17) is 11.6 Å². The van der Waals surface area contributed by atoms with E-state index in [0.717, 1.165) is 24.3 Å². The molecule has 0 radical (unpaired) electrons. The zero-order chi connectivity index (χ0) is 13.3. The summed E-state index contributed by atoms with van der Waals surface area (Å²) in [5, 5.41) is 0. The number of rotatable bonds is 3. The summed E-state index contributed by atoms with van der Waals surface area (Å²) < 4.78 is 2.28. The van der Waals surface area contributed by atoms with Crippen LogP contribution in [-0.2, 0) is 12.4 Å². The van der Waals surface area contributed by atoms with Crippen molar-refractivity contribution in [2.75, 3.05) is 0 Å². The smallest absolute Gasteiger partial charge is 0.124 e. The van der Waals surface area contributed by atoms with Crippen molar-refractivity contribution in [3.63, 3.8) is 0 Å². The van der Waals surface area contributed by atoms with E-state index in [1.54, 1.807) is 0 Å². The van der Waals surface area contributed by atoms with Gasteiger partial charge in [-0.15, -0.1) is 11.6 Å². The molecule has 0 amide bonds. The van der Waals surface area contributed by atoms with Crippen LogP contribution in [0.25, 0.3) is 11.0 Å². The number of aryl methyl sites for hydroxylation is 2. The summed E-state index contributed by atoms with van der Waals surface area (Å²) in [4.78, 5) is 4.62. The van der Waals surface area contributed by atoms with Gasteiger partial charge in [0, 0.05) is 6.54 Å². The second-order valence-corrected chi connectivity index (χ2v) is 6.33. The van der Waals surface area contributed by atoms with Crippen LogP contribution in [0.15, 0.2) is 18.2 Å². The van der Waals surface area contributed by atoms with Gasteiger partial charge in [0.25, 0.3) is 0 Å². The minimum Gasteiger partial charge on any atom is -0.327 e. The molecule has 2 nitrogen and oxygen atoms in total. The summed E-state index contributed by atoms with van der Waals surface area (Å²) in [7, 11) is 0. The number of para-hydroxylation sites is 1. The van der Waals surface area contributed by atoms with Crippen LogP contribution in [0.4, 0.5) is 0 Å². The molecule has 0 saturated carbocycles. The maximum absolute atomic E-state index is 6.02. The highest BCUT2D eigenvalue weighted by atomic mass is 35.5. The van der Waals surface area contributed by atoms with Gasteiger partial charge in [0.05, 0.1) is 16.9 Å². The van der Waals surface area contributed by atoms with Gasteiger partial charge in [-0.1, -0.05) is 32.9 Å². The highest BCUT2D eigenvalue weighted by molar-refractivity contribution is 6.16. The predicted octanol–water partition coefficient (Wildman–Crippen LogP) is 4.52. The quantitative estimate of drug-likeness (QED) is 0.746. The fourth-order valence-corrected chi connectivity index (χ4v) is 2.41. The monoisotopic (exact) mass is 264 g/mol. The Kier molecular flexibility index (Phi) is 3.67. The summed E-state index contributed by atoms with van der Waals surface area (Å²) in [5.41, 5.74) is 3.88. The zero-order valence-corrected chi connectivity index (χ0v) is 12.4. The first-order valence-electron chi connectivity index (χ1n) is 6.43. The zero-order valence-electron chi connectivity index (χ0n) is 11.6. The molecule has 1 aromatic carbocycles. The molecule has 0 fully saturated rings. The van der Waals surface area contributed by atoms with Gasteiger partial charge in [-0.2, -0.15) is 0 Å². The summed E-state index contributed by atoms with van der Waals surface area (Å²) in [6.07, 6.45) is 1.12. The predicted molar refractivity (Wildman–Crippen MR) is 78.1 cm³/mol. The third-order valence-electron chi connectivity index (χ3n) is 3.25. The molecule has 2 rings (SSSR count). The van der Waals surface area contributed by atoms with Gasteiger partial charge in [-0.05, 0) is 30.4 Å². The molecule has 0 aliphatic rings. The fraction of sp³-hybridized carbons (Fsp3) is 0.533. The minimum atomic E-state index is 0.322. The van der Waals surface area contributed by atoms with Crippen molar-refractivity contribution < 1.29 is 0 Å². The molecule has 0 aliphatic heterocycles. The standard InChI is InChI=1S/C15H21ClN2/c1-11-6-5-7-12-14(11)18(13(10-16)17-12)9-8-15(2,3)4/h5-7H,8-10H2,1-4H3. The fourth-order valence-electron chi connectivity index (χ4n) is 2.20. The van der Waals surface area contributed by atoms with E-state index < -0.39 is 0 Å². The molecule has 3 heteroatoms. The lowest BCUT2D eigenvalue weighted by molar-refractivity contribution is 0.351. The second-order valence-electron chi connectivity index (χ2n) is 6.07. The lowest BCUT2D eigenvalue weighted by atomic mass is 9.92. The third kappa shape index (κ3) is 2.69. The van der Waals surface area contributed by atoms with Crippen molar-refractivity contribution >= 4 is 22.6 Å². The number of alkyl halides is 1. The Bertz CT molecular complexity index is 549. The Balaban J connectivity index is 2.46. The number of aromatic nitrogens is 2. The largest absolute Gasteiger partial charge is 0.327 e. The Morgan fingerprint density at radius 1 is 1.28 bits per heavy atom. The van der Waals surface area contributed by atoms with Crippen LogP contribution in [0.1, 0.15) is 38.6 Å². The lowest BCUT2D eigenvalue weighted by Gasteiger charge is -2.19. The minimum absolute atomic E-state index is 0.322. The van der Waals surface area contributed by atoms with Crippen LogP contribution < -0.4 is 0 Å². The molecule has 1 heterocycles. The third-order valence-corrected chi connectivity index (χ3v) is 3.49. The van der Waals surface area contributed by atoms with Crippen molar-refractivity contribution in [1.82, 2.24) is 9.55 Å². The molecule has 98 valence electrons. The van der Waals surface area contributed by atoms with Gasteiger partial charge in [0.15, 0.2) is 0 Å². The number of halogens is 1. The molecule has 18 heavy (non-hydrogen) atoms. The molecular weight excluding hydrogens is 244 g/mol. The number of hydrogen-bond acceptors (Lipinski definition) is 1. The summed E-state index contributed by atoms with van der Waals surface area (Å²) in [5.74, 6) is 1.45. The van der Waals surface area contributed by atoms with E-state index in [1.807, 2.05) is 0 Å². The lowest BCUT2D eigenvalue weighted by Crippen LogP contribution is -2.12. The van der Waals surface area contributed by atoms with Crippen LogP contribution in [0, 0.1) is 12.3 Å². The Morgan fingerprint density at radius 3 is 2.61 bits per heavy atom. The van der Waals surface area contributed by atoms with Gasteiger partial charge in [-0.3, -0.25) is 0 Å². The van der Waals surface area contributed by atoms with E-state index in [0.29, 0.717) is 11.3 Å². The summed E-state index contributed by atoms with van der Waals surface area (Å²) >= 11 is 6.02. The average Bonchev–Trinajstić information content (AvgIpc) is 2.64. The molecule has 0 aliphatic carbocycles. The van der Waals surface area contributed by atoms with Gasteiger partial charge < -0.3 is 4.57 Å². The first-order chi connectivity index (χ1) is 8.42. The van der Waals surface area contributed by atoms with Crippen LogP contribution in [-0.4, -0.2) is 9.55 Å². The first-order valence-corrected chi connectivity index (χ1v) is 6.96. The maximum Gasteiger partial charge on any atom is 0.124 e. The van der Waals surface area contributed by atoms with Crippen molar-refractivity contribution in [3.8, 4) is 0 Å². The van der Waals surface area contributed by atoms with E-state index in [-0.39, 0.29) is 0 Å². The van der Waals surface area contributed by atoms with Crippen molar-refractivity contribution in [1.29, 1.82) is 0 Å². The first kappa shape index (κ1) is 13.4. The van der Waals surface area contributed by atoms with E-state index in [2.05, 4.69) is 55.4 Å². The highest BCUT2D eigenvalue weighted by Crippen LogP contribution is 2.25. The summed E-state index contributed by atoms with van der Waals surface area (Å²) in [6.45, 7) is 9.90. The Labute approximate surface area is 114 Å². The van der Waals surface area contributed by atoms with Gasteiger partial charge in [0.1, 0.15) is 5.82 Å². The molecule has 1 aromatic heterocycles. The molecule has 0 unspecified atom stereocenters. The molecule has 0 N–H and O–H groups in total. The Morgan fingerprint density at radius 2 is 2.00 bits per heavy atom. The number of nitrogens with zero attached hydrogens (tertiary/aromatic N) is 2. The van der Waals surface area contributed by atoms with E-state index >= 15 is 0 Å².